The molecule has 1 fully saturated rings. The lowest BCUT2D eigenvalue weighted by atomic mass is 9.55. The lowest BCUT2D eigenvalue weighted by Crippen LogP contribution is -2.68. The number of furan rings is 1. The highest BCUT2D eigenvalue weighted by molar-refractivity contribution is 5.11. The molecule has 3 atom stereocenters. The lowest BCUT2D eigenvalue weighted by molar-refractivity contribution is -0.208. The zero-order valence-corrected chi connectivity index (χ0v) is 14.3. The van der Waals surface area contributed by atoms with Crippen LogP contribution in [0.15, 0.2) is 22.8 Å². The van der Waals surface area contributed by atoms with Crippen molar-refractivity contribution < 1.29 is 19.0 Å². The minimum Gasteiger partial charge on any atom is -0.467 e. The molecule has 2 rings (SSSR count). The van der Waals surface area contributed by atoms with E-state index in [2.05, 4.69) is 32.7 Å². The van der Waals surface area contributed by atoms with Gasteiger partial charge in [-0.2, -0.15) is 0 Å². The molecule has 3 unspecified atom stereocenters. The molecular weight excluding hydrogens is 282 g/mol. The average molecular weight is 311 g/mol. The third-order valence-electron chi connectivity index (χ3n) is 5.39. The van der Waals surface area contributed by atoms with Crippen molar-refractivity contribution >= 4 is 0 Å². The monoisotopic (exact) mass is 311 g/mol. The normalized spacial score (nSPS) is 28.6. The van der Waals surface area contributed by atoms with Crippen molar-refractivity contribution in [2.24, 2.45) is 5.41 Å². The van der Waals surface area contributed by atoms with Crippen molar-refractivity contribution in [3.8, 4) is 0 Å². The van der Waals surface area contributed by atoms with Crippen LogP contribution >= 0.6 is 0 Å². The van der Waals surface area contributed by atoms with Crippen molar-refractivity contribution in [2.75, 3.05) is 27.3 Å². The summed E-state index contributed by atoms with van der Waals surface area (Å²) in [6, 6.07) is 4.09. The summed E-state index contributed by atoms with van der Waals surface area (Å²) in [5, 5.41) is 10.1. The second kappa shape index (κ2) is 6.71. The summed E-state index contributed by atoms with van der Waals surface area (Å²) in [6.07, 6.45) is 2.09. The molecule has 0 radical (unpaired) electrons. The van der Waals surface area contributed by atoms with E-state index < -0.39 is 6.10 Å². The second-order valence-electron chi connectivity index (χ2n) is 7.06. The first-order chi connectivity index (χ1) is 10.3. The molecule has 5 nitrogen and oxygen atoms in total. The standard InChI is InChI=1S/C17H29NO4/c1-16(2)15(9-17(16,3)20-5)18(4)10-13(19)11-21-12-14-7-6-8-22-14/h6-8,13,15,19H,9-12H2,1-5H3. The molecule has 0 bridgehead atoms. The fourth-order valence-electron chi connectivity index (χ4n) is 3.36. The van der Waals surface area contributed by atoms with E-state index in [1.165, 1.54) is 0 Å². The first kappa shape index (κ1) is 17.5. The van der Waals surface area contributed by atoms with Crippen molar-refractivity contribution in [2.45, 2.75) is 51.5 Å². The Kier molecular flexibility index (Phi) is 5.33. The van der Waals surface area contributed by atoms with Gasteiger partial charge in [0.05, 0.1) is 24.6 Å². The van der Waals surface area contributed by atoms with E-state index in [0.717, 1.165) is 12.2 Å². The van der Waals surface area contributed by atoms with E-state index in [1.54, 1.807) is 13.4 Å². The Morgan fingerprint density at radius 1 is 1.45 bits per heavy atom. The Labute approximate surface area is 133 Å². The van der Waals surface area contributed by atoms with E-state index in [9.17, 15) is 5.11 Å². The minimum atomic E-state index is -0.509. The molecule has 0 saturated heterocycles. The first-order valence-electron chi connectivity index (χ1n) is 7.84. The summed E-state index contributed by atoms with van der Waals surface area (Å²) in [4.78, 5) is 2.21. The average Bonchev–Trinajstić information content (AvgIpc) is 2.97. The van der Waals surface area contributed by atoms with Crippen LogP contribution in [0.4, 0.5) is 0 Å². The fourth-order valence-corrected chi connectivity index (χ4v) is 3.36. The number of rotatable bonds is 8. The van der Waals surface area contributed by atoms with Crippen LogP contribution in [0.2, 0.25) is 0 Å². The number of ether oxygens (including phenoxy) is 2. The van der Waals surface area contributed by atoms with Gasteiger partial charge in [-0.15, -0.1) is 0 Å². The molecule has 0 spiro atoms. The maximum Gasteiger partial charge on any atom is 0.129 e. The molecule has 1 aliphatic carbocycles. The van der Waals surface area contributed by atoms with Gasteiger partial charge in [-0.25, -0.2) is 0 Å². The van der Waals surface area contributed by atoms with Gasteiger partial charge in [-0.3, -0.25) is 0 Å². The van der Waals surface area contributed by atoms with Crippen molar-refractivity contribution in [1.29, 1.82) is 0 Å². The second-order valence-corrected chi connectivity index (χ2v) is 7.06. The molecule has 1 aromatic rings. The SMILES string of the molecule is COC1(C)CC(N(C)CC(O)COCc2ccco2)C1(C)C. The smallest absolute Gasteiger partial charge is 0.129 e. The first-order valence-corrected chi connectivity index (χ1v) is 7.84. The highest BCUT2D eigenvalue weighted by atomic mass is 16.5. The Balaban J connectivity index is 1.74. The highest BCUT2D eigenvalue weighted by Gasteiger charge is 2.58. The number of methoxy groups -OCH3 is 1. The molecule has 5 heteroatoms. The van der Waals surface area contributed by atoms with Gasteiger partial charge < -0.3 is 23.9 Å². The van der Waals surface area contributed by atoms with Gasteiger partial charge in [0.2, 0.25) is 0 Å². The summed E-state index contributed by atoms with van der Waals surface area (Å²) < 4.78 is 16.3. The molecule has 22 heavy (non-hydrogen) atoms. The fraction of sp³-hybridized carbons (Fsp3) is 0.765. The summed E-state index contributed by atoms with van der Waals surface area (Å²) in [7, 11) is 3.83. The molecule has 1 aliphatic rings. The molecule has 126 valence electrons. The number of hydrogen-bond acceptors (Lipinski definition) is 5. The van der Waals surface area contributed by atoms with E-state index >= 15 is 0 Å². The van der Waals surface area contributed by atoms with Gasteiger partial charge in [0.1, 0.15) is 12.4 Å². The summed E-state index contributed by atoms with van der Waals surface area (Å²) >= 11 is 0. The van der Waals surface area contributed by atoms with Crippen LogP contribution in [0.3, 0.4) is 0 Å². The summed E-state index contributed by atoms with van der Waals surface area (Å²) in [5.41, 5.74) is -0.0298. The number of likely N-dealkylation sites (N-methyl/N-ethyl adjacent to an activating group) is 1. The molecule has 1 N–H and O–H groups in total. The largest absolute Gasteiger partial charge is 0.467 e. The summed E-state index contributed by atoms with van der Waals surface area (Å²) in [5.74, 6) is 0.775. The zero-order chi connectivity index (χ0) is 16.4. The number of hydrogen-bond donors (Lipinski definition) is 1. The maximum atomic E-state index is 10.1. The van der Waals surface area contributed by atoms with E-state index in [4.69, 9.17) is 13.9 Å². The predicted octanol–water partition coefficient (Wildman–Crippen LogP) is 2.29. The van der Waals surface area contributed by atoms with Crippen LogP contribution in [-0.2, 0) is 16.1 Å². The van der Waals surface area contributed by atoms with Crippen LogP contribution < -0.4 is 0 Å². The lowest BCUT2D eigenvalue weighted by Gasteiger charge is -2.61. The third kappa shape index (κ3) is 3.38. The van der Waals surface area contributed by atoms with Crippen LogP contribution in [-0.4, -0.2) is 55.1 Å². The highest BCUT2D eigenvalue weighted by Crippen LogP contribution is 2.53. The van der Waals surface area contributed by atoms with Crippen LogP contribution in [0.1, 0.15) is 33.0 Å². The topological polar surface area (TPSA) is 55.1 Å². The number of aliphatic hydroxyl groups excluding tert-OH is 1. The van der Waals surface area contributed by atoms with Gasteiger partial charge >= 0.3 is 0 Å². The van der Waals surface area contributed by atoms with Gasteiger partial charge in [-0.05, 0) is 32.5 Å². The van der Waals surface area contributed by atoms with Gasteiger partial charge in [0, 0.05) is 25.1 Å². The predicted molar refractivity (Wildman–Crippen MR) is 84.6 cm³/mol. The molecule has 1 heterocycles. The van der Waals surface area contributed by atoms with Gasteiger partial charge in [-0.1, -0.05) is 13.8 Å². The van der Waals surface area contributed by atoms with E-state index in [-0.39, 0.29) is 11.0 Å². The van der Waals surface area contributed by atoms with Crippen LogP contribution in [0, 0.1) is 5.41 Å². The molecule has 0 amide bonds. The van der Waals surface area contributed by atoms with Gasteiger partial charge in [0.15, 0.2) is 0 Å². The van der Waals surface area contributed by atoms with Crippen LogP contribution in [0.25, 0.3) is 0 Å². The quantitative estimate of drug-likeness (QED) is 0.798. The Morgan fingerprint density at radius 2 is 2.18 bits per heavy atom. The third-order valence-corrected chi connectivity index (χ3v) is 5.39. The summed E-state index contributed by atoms with van der Waals surface area (Å²) in [6.45, 7) is 7.89. The number of nitrogens with zero attached hydrogens (tertiary/aromatic N) is 1. The molecule has 1 aromatic heterocycles. The maximum absolute atomic E-state index is 10.1. The Bertz CT molecular complexity index is 459. The minimum absolute atomic E-state index is 0.0608. The zero-order valence-electron chi connectivity index (χ0n) is 14.3. The molecule has 1 saturated carbocycles. The Hall–Kier alpha value is -0.880. The van der Waals surface area contributed by atoms with Crippen molar-refractivity contribution in [3.63, 3.8) is 0 Å². The molecule has 0 aliphatic heterocycles. The Morgan fingerprint density at radius 3 is 2.73 bits per heavy atom. The molecular formula is C17H29NO4. The van der Waals surface area contributed by atoms with Crippen molar-refractivity contribution in [3.05, 3.63) is 24.2 Å². The molecule has 0 aromatic carbocycles. The van der Waals surface area contributed by atoms with Crippen molar-refractivity contribution in [1.82, 2.24) is 4.90 Å². The number of aliphatic hydroxyl groups is 1. The van der Waals surface area contributed by atoms with Crippen LogP contribution in [0.5, 0.6) is 0 Å². The van der Waals surface area contributed by atoms with E-state index in [1.807, 2.05) is 12.1 Å². The van der Waals surface area contributed by atoms with E-state index in [0.29, 0.717) is 25.8 Å². The van der Waals surface area contributed by atoms with Gasteiger partial charge in [0.25, 0.3) is 0 Å².